The van der Waals surface area contributed by atoms with Crippen LogP contribution in [0.4, 0.5) is 17.2 Å². The normalized spacial score (nSPS) is 12.6. The summed E-state index contributed by atoms with van der Waals surface area (Å²) in [6.45, 7) is 16.1. The van der Waals surface area contributed by atoms with Gasteiger partial charge < -0.3 is 20.1 Å². The second kappa shape index (κ2) is 16.9. The molecule has 0 aliphatic carbocycles. The maximum absolute atomic E-state index is 13.3. The highest BCUT2D eigenvalue weighted by Crippen LogP contribution is 2.30. The molecule has 2 amide bonds. The van der Waals surface area contributed by atoms with Crippen LogP contribution < -0.4 is 16.2 Å². The molecule has 1 aromatic heterocycles. The van der Waals surface area contributed by atoms with Crippen LogP contribution in [0.5, 0.6) is 0 Å². The molecule has 3 aromatic carbocycles. The highest BCUT2D eigenvalue weighted by Gasteiger charge is 2.26. The molecule has 4 aromatic rings. The lowest BCUT2D eigenvalue weighted by Gasteiger charge is -2.29. The molecule has 0 spiro atoms. The van der Waals surface area contributed by atoms with Gasteiger partial charge in [0.1, 0.15) is 6.04 Å². The number of anilines is 3. The summed E-state index contributed by atoms with van der Waals surface area (Å²) < 4.78 is 1.49. The van der Waals surface area contributed by atoms with E-state index >= 15 is 0 Å². The lowest BCUT2D eigenvalue weighted by atomic mass is 9.86. The smallest absolute Gasteiger partial charge is 0.293 e. The highest BCUT2D eigenvalue weighted by molar-refractivity contribution is 6.05. The Morgan fingerprint density at radius 2 is 1.67 bits per heavy atom. The van der Waals surface area contributed by atoms with Crippen molar-refractivity contribution in [1.82, 2.24) is 19.4 Å². The highest BCUT2D eigenvalue weighted by atomic mass is 16.2. The molecule has 2 N–H and O–H groups in total. The van der Waals surface area contributed by atoms with Gasteiger partial charge >= 0.3 is 0 Å². The van der Waals surface area contributed by atoms with E-state index in [1.807, 2.05) is 106 Å². The number of rotatable bonds is 13. The third kappa shape index (κ3) is 9.86. The van der Waals surface area contributed by atoms with Crippen LogP contribution in [0, 0.1) is 6.92 Å². The van der Waals surface area contributed by atoms with Crippen molar-refractivity contribution in [2.75, 3.05) is 37.8 Å². The Morgan fingerprint density at radius 3 is 2.27 bits per heavy atom. The molecule has 0 bridgehead atoms. The predicted octanol–water partition coefficient (Wildman–Crippen LogP) is 7.37. The Labute approximate surface area is 302 Å². The van der Waals surface area contributed by atoms with E-state index in [2.05, 4.69) is 48.2 Å². The Morgan fingerprint density at radius 1 is 1.00 bits per heavy atom. The number of nitrogens with one attached hydrogen (secondary N) is 2. The van der Waals surface area contributed by atoms with E-state index in [-0.39, 0.29) is 34.6 Å². The summed E-state index contributed by atoms with van der Waals surface area (Å²) in [5.41, 5.74) is 5.72. The van der Waals surface area contributed by atoms with Gasteiger partial charge in [0, 0.05) is 54.5 Å². The van der Waals surface area contributed by atoms with Crippen LogP contribution in [-0.2, 0) is 17.3 Å². The summed E-state index contributed by atoms with van der Waals surface area (Å²) in [4.78, 5) is 52.9. The average Bonchev–Trinajstić information content (AvgIpc) is 3.08. The zero-order chi connectivity index (χ0) is 37.5. The first-order valence-corrected chi connectivity index (χ1v) is 17.5. The Hall–Kier alpha value is -4.93. The molecule has 1 unspecified atom stereocenters. The SMILES string of the molecule is CCCN(C)CC=NC(=O)C(c1ccc(Nc2nc(-c3cccc(NC(=O)c4ccc(C(C)(C)C)cc4)c3C)cn(C)c2=O)cc1)N(C)C(C)C. The van der Waals surface area contributed by atoms with Gasteiger partial charge in [-0.2, -0.15) is 0 Å². The third-order valence-electron chi connectivity index (χ3n) is 9.10. The summed E-state index contributed by atoms with van der Waals surface area (Å²) in [6.07, 6.45) is 4.40. The minimum atomic E-state index is -0.556. The van der Waals surface area contributed by atoms with Gasteiger partial charge in [0.05, 0.1) is 5.69 Å². The summed E-state index contributed by atoms with van der Waals surface area (Å²) in [6, 6.07) is 20.3. The van der Waals surface area contributed by atoms with Crippen LogP contribution in [0.15, 0.2) is 82.7 Å². The summed E-state index contributed by atoms with van der Waals surface area (Å²) in [5, 5.41) is 6.23. The number of carbonyl (C=O) groups excluding carboxylic acids is 2. The summed E-state index contributed by atoms with van der Waals surface area (Å²) in [7, 11) is 5.61. The first-order valence-electron chi connectivity index (χ1n) is 17.5. The molecule has 0 radical (unpaired) electrons. The van der Waals surface area contributed by atoms with Gasteiger partial charge in [0.2, 0.25) is 0 Å². The first-order chi connectivity index (χ1) is 24.1. The number of benzene rings is 3. The van der Waals surface area contributed by atoms with Crippen LogP contribution in [0.1, 0.15) is 81.1 Å². The molecule has 0 aliphatic rings. The number of hydrogen-bond donors (Lipinski definition) is 2. The zero-order valence-corrected chi connectivity index (χ0v) is 31.7. The minimum absolute atomic E-state index is 0.00571. The second-order valence-corrected chi connectivity index (χ2v) is 14.5. The van der Waals surface area contributed by atoms with E-state index in [0.29, 0.717) is 29.2 Å². The maximum atomic E-state index is 13.3. The molecular formula is C41H53N7O3. The maximum Gasteiger partial charge on any atom is 0.293 e. The van der Waals surface area contributed by atoms with Crippen LogP contribution in [0.2, 0.25) is 0 Å². The van der Waals surface area contributed by atoms with Crippen molar-refractivity contribution < 1.29 is 9.59 Å². The number of carbonyl (C=O) groups is 2. The number of likely N-dealkylation sites (N-methyl/N-ethyl adjacent to an activating group) is 1. The first kappa shape index (κ1) is 38.9. The standard InChI is InChI=1S/C41H53N7O3/c1-11-24-46(8)25-23-42-39(50)36(48(10)27(2)3)29-17-21-32(22-18-29)43-37-40(51)47(9)26-35(44-37)33-13-12-14-34(28(33)4)45-38(49)30-15-19-31(20-16-30)41(5,6)7/h12-23,26-27,36H,11,24-25H2,1-10H3,(H,43,44)(H,45,49). The number of aryl methyl sites for hydroxylation is 1. The molecule has 1 heterocycles. The van der Waals surface area contributed by atoms with Gasteiger partial charge in [-0.1, -0.05) is 64.1 Å². The van der Waals surface area contributed by atoms with Gasteiger partial charge in [0.15, 0.2) is 5.82 Å². The van der Waals surface area contributed by atoms with E-state index < -0.39 is 6.04 Å². The van der Waals surface area contributed by atoms with Gasteiger partial charge in [-0.15, -0.1) is 0 Å². The third-order valence-corrected chi connectivity index (χ3v) is 9.10. The Balaban J connectivity index is 1.56. The molecule has 10 nitrogen and oxygen atoms in total. The van der Waals surface area contributed by atoms with E-state index in [9.17, 15) is 14.4 Å². The van der Waals surface area contributed by atoms with Gasteiger partial charge in [-0.3, -0.25) is 19.3 Å². The number of aromatic nitrogens is 2. The number of hydrogen-bond acceptors (Lipinski definition) is 7. The number of nitrogens with zero attached hydrogens (tertiary/aromatic N) is 5. The average molecular weight is 692 g/mol. The largest absolute Gasteiger partial charge is 0.336 e. The molecule has 0 fully saturated rings. The molecule has 4 rings (SSSR count). The summed E-state index contributed by atoms with van der Waals surface area (Å²) >= 11 is 0. The Kier molecular flexibility index (Phi) is 12.8. The monoisotopic (exact) mass is 691 g/mol. The van der Waals surface area contributed by atoms with Crippen LogP contribution in [0.25, 0.3) is 11.3 Å². The fourth-order valence-corrected chi connectivity index (χ4v) is 5.73. The van der Waals surface area contributed by atoms with E-state index in [0.717, 1.165) is 35.2 Å². The van der Waals surface area contributed by atoms with E-state index in [4.69, 9.17) is 4.98 Å². The number of aliphatic imine (C=N–C) groups is 1. The molecule has 1 atom stereocenters. The lowest BCUT2D eigenvalue weighted by Crippen LogP contribution is -2.35. The molecule has 51 heavy (non-hydrogen) atoms. The molecule has 0 aliphatic heterocycles. The zero-order valence-electron chi connectivity index (χ0n) is 31.7. The van der Waals surface area contributed by atoms with E-state index in [1.54, 1.807) is 19.5 Å². The Bertz CT molecular complexity index is 1910. The minimum Gasteiger partial charge on any atom is -0.336 e. The van der Waals surface area contributed by atoms with Crippen molar-refractivity contribution in [3.05, 3.63) is 106 Å². The topological polar surface area (TPSA) is 112 Å². The predicted molar refractivity (Wildman–Crippen MR) is 209 cm³/mol. The molecule has 10 heteroatoms. The van der Waals surface area contributed by atoms with Crippen molar-refractivity contribution in [1.29, 1.82) is 0 Å². The van der Waals surface area contributed by atoms with Crippen molar-refractivity contribution >= 4 is 35.2 Å². The van der Waals surface area contributed by atoms with Gasteiger partial charge in [-0.05, 0) is 100 Å². The van der Waals surface area contributed by atoms with Crippen LogP contribution in [0.3, 0.4) is 0 Å². The van der Waals surface area contributed by atoms with E-state index in [1.165, 1.54) is 4.57 Å². The molecule has 270 valence electrons. The second-order valence-electron chi connectivity index (χ2n) is 14.5. The van der Waals surface area contributed by atoms with Crippen LogP contribution >= 0.6 is 0 Å². The fourth-order valence-electron chi connectivity index (χ4n) is 5.73. The van der Waals surface area contributed by atoms with Gasteiger partial charge in [-0.25, -0.2) is 9.98 Å². The quantitative estimate of drug-likeness (QED) is 0.141. The number of amides is 2. The lowest BCUT2D eigenvalue weighted by molar-refractivity contribution is -0.123. The van der Waals surface area contributed by atoms with Gasteiger partial charge in [0.25, 0.3) is 17.4 Å². The fraction of sp³-hybridized carbons (Fsp3) is 0.390. The van der Waals surface area contributed by atoms with Crippen molar-refractivity contribution in [2.45, 2.75) is 72.4 Å². The van der Waals surface area contributed by atoms with Crippen LogP contribution in [-0.4, -0.2) is 70.6 Å². The van der Waals surface area contributed by atoms with Crippen molar-refractivity contribution in [2.24, 2.45) is 12.0 Å². The summed E-state index contributed by atoms with van der Waals surface area (Å²) in [5.74, 6) is -0.277. The van der Waals surface area contributed by atoms with Crippen molar-refractivity contribution in [3.8, 4) is 11.3 Å². The molecule has 0 saturated carbocycles. The molecule has 0 saturated heterocycles. The molecular weight excluding hydrogens is 638 g/mol. The van der Waals surface area contributed by atoms with Crippen molar-refractivity contribution in [3.63, 3.8) is 0 Å².